The van der Waals surface area contributed by atoms with Crippen molar-refractivity contribution in [2.24, 2.45) is 11.8 Å². The van der Waals surface area contributed by atoms with Gasteiger partial charge >= 0.3 is 0 Å². The number of benzene rings is 1. The number of hydrogen-bond acceptors (Lipinski definition) is 3. The monoisotopic (exact) mass is 425 g/mol. The number of rotatable bonds is 7. The van der Waals surface area contributed by atoms with E-state index in [2.05, 4.69) is 34.1 Å². The highest BCUT2D eigenvalue weighted by atomic mass is 16.2. The van der Waals surface area contributed by atoms with Crippen molar-refractivity contribution in [3.63, 3.8) is 0 Å². The highest BCUT2D eigenvalue weighted by Crippen LogP contribution is 2.36. The number of amides is 2. The summed E-state index contributed by atoms with van der Waals surface area (Å²) >= 11 is 0. The third-order valence-electron chi connectivity index (χ3n) is 7.65. The van der Waals surface area contributed by atoms with Gasteiger partial charge in [-0.25, -0.2) is 0 Å². The molecular weight excluding hydrogens is 386 g/mol. The molecule has 0 radical (unpaired) electrons. The van der Waals surface area contributed by atoms with Crippen molar-refractivity contribution in [1.82, 2.24) is 14.7 Å². The van der Waals surface area contributed by atoms with E-state index in [1.165, 1.54) is 37.7 Å². The van der Waals surface area contributed by atoms with Crippen LogP contribution in [-0.4, -0.2) is 65.8 Å². The number of carbonyl (C=O) groups excluding carboxylic acids is 2. The maximum absolute atomic E-state index is 12.6. The van der Waals surface area contributed by atoms with Crippen LogP contribution in [0.1, 0.15) is 63.4 Å². The standard InChI is InChI=1S/C26H39N3O2/c30-25(28-18-16-27(17-19-28)20-22-8-2-1-3-9-22)12-6-7-13-26(31)29-15-14-23-10-4-5-11-24(23)21-29/h1-3,8-9,23-24H,4-7,10-21H2. The number of hydrogen-bond donors (Lipinski definition) is 0. The van der Waals surface area contributed by atoms with E-state index < -0.39 is 0 Å². The van der Waals surface area contributed by atoms with Crippen LogP contribution in [0.25, 0.3) is 0 Å². The molecule has 170 valence electrons. The minimum atomic E-state index is 0.259. The van der Waals surface area contributed by atoms with Gasteiger partial charge in [0.15, 0.2) is 0 Å². The molecule has 0 bridgehead atoms. The molecule has 0 spiro atoms. The Balaban J connectivity index is 1.09. The molecule has 5 nitrogen and oxygen atoms in total. The second-order valence-corrected chi connectivity index (χ2v) is 9.78. The Morgan fingerprint density at radius 3 is 2.10 bits per heavy atom. The van der Waals surface area contributed by atoms with Crippen LogP contribution in [0.15, 0.2) is 30.3 Å². The second-order valence-electron chi connectivity index (χ2n) is 9.78. The highest BCUT2D eigenvalue weighted by Gasteiger charge is 2.32. The van der Waals surface area contributed by atoms with Crippen LogP contribution in [-0.2, 0) is 16.1 Å². The van der Waals surface area contributed by atoms with Crippen LogP contribution in [0.4, 0.5) is 0 Å². The molecule has 2 amide bonds. The molecule has 5 heteroatoms. The Hall–Kier alpha value is -1.88. The zero-order valence-electron chi connectivity index (χ0n) is 19.0. The summed E-state index contributed by atoms with van der Waals surface area (Å²) in [5.41, 5.74) is 1.33. The lowest BCUT2D eigenvalue weighted by atomic mass is 9.75. The Labute approximate surface area is 187 Å². The number of fused-ring (bicyclic) bond motifs is 1. The summed E-state index contributed by atoms with van der Waals surface area (Å²) in [4.78, 5) is 31.8. The summed E-state index contributed by atoms with van der Waals surface area (Å²) < 4.78 is 0. The molecule has 0 aromatic heterocycles. The minimum Gasteiger partial charge on any atom is -0.342 e. The summed E-state index contributed by atoms with van der Waals surface area (Å²) in [6.07, 6.45) is 9.45. The zero-order chi connectivity index (χ0) is 21.5. The van der Waals surface area contributed by atoms with Crippen molar-refractivity contribution in [3.8, 4) is 0 Å². The summed E-state index contributed by atoms with van der Waals surface area (Å²) in [6.45, 7) is 6.42. The lowest BCUT2D eigenvalue weighted by Crippen LogP contribution is -2.48. The molecule has 1 aromatic carbocycles. The maximum atomic E-state index is 12.6. The minimum absolute atomic E-state index is 0.259. The van der Waals surface area contributed by atoms with E-state index in [0.717, 1.165) is 70.5 Å². The molecule has 2 saturated heterocycles. The average Bonchev–Trinajstić information content (AvgIpc) is 2.82. The number of piperazine rings is 1. The average molecular weight is 426 g/mol. The van der Waals surface area contributed by atoms with Crippen molar-refractivity contribution in [2.45, 2.75) is 64.3 Å². The molecule has 0 N–H and O–H groups in total. The zero-order valence-corrected chi connectivity index (χ0v) is 19.0. The van der Waals surface area contributed by atoms with Crippen LogP contribution in [0.5, 0.6) is 0 Å². The summed E-state index contributed by atoms with van der Waals surface area (Å²) in [5, 5.41) is 0. The molecule has 2 unspecified atom stereocenters. The topological polar surface area (TPSA) is 43.9 Å². The van der Waals surface area contributed by atoms with Gasteiger partial charge in [-0.3, -0.25) is 14.5 Å². The van der Waals surface area contributed by atoms with E-state index in [0.29, 0.717) is 18.7 Å². The molecule has 1 saturated carbocycles. The summed E-state index contributed by atoms with van der Waals surface area (Å²) in [7, 11) is 0. The molecule has 4 rings (SSSR count). The third kappa shape index (κ3) is 6.31. The second kappa shape index (κ2) is 11.1. The predicted octanol–water partition coefficient (Wildman–Crippen LogP) is 3.93. The van der Waals surface area contributed by atoms with Gasteiger partial charge in [-0.1, -0.05) is 49.6 Å². The molecule has 2 atom stereocenters. The molecule has 2 heterocycles. The number of likely N-dealkylation sites (tertiary alicyclic amines) is 1. The third-order valence-corrected chi connectivity index (χ3v) is 7.65. The van der Waals surface area contributed by atoms with E-state index in [4.69, 9.17) is 0 Å². The van der Waals surface area contributed by atoms with Crippen LogP contribution >= 0.6 is 0 Å². The molecule has 1 aromatic rings. The van der Waals surface area contributed by atoms with Gasteiger partial charge < -0.3 is 9.80 Å². The van der Waals surface area contributed by atoms with E-state index in [1.54, 1.807) is 0 Å². The van der Waals surface area contributed by atoms with Gasteiger partial charge in [0.1, 0.15) is 0 Å². The maximum Gasteiger partial charge on any atom is 0.222 e. The fourth-order valence-electron chi connectivity index (χ4n) is 5.69. The van der Waals surface area contributed by atoms with E-state index in [1.807, 2.05) is 11.0 Å². The SMILES string of the molecule is O=C(CCCCC(=O)N1CCC2CCCCC2C1)N1CCN(Cc2ccccc2)CC1. The van der Waals surface area contributed by atoms with Crippen LogP contribution in [0, 0.1) is 11.8 Å². The largest absolute Gasteiger partial charge is 0.342 e. The van der Waals surface area contributed by atoms with Crippen LogP contribution in [0.2, 0.25) is 0 Å². The fraction of sp³-hybridized carbons (Fsp3) is 0.692. The Morgan fingerprint density at radius 1 is 0.742 bits per heavy atom. The smallest absolute Gasteiger partial charge is 0.222 e. The van der Waals surface area contributed by atoms with Crippen molar-refractivity contribution in [2.75, 3.05) is 39.3 Å². The van der Waals surface area contributed by atoms with Crippen LogP contribution in [0.3, 0.4) is 0 Å². The van der Waals surface area contributed by atoms with E-state index in [9.17, 15) is 9.59 Å². The van der Waals surface area contributed by atoms with E-state index in [-0.39, 0.29) is 5.91 Å². The number of piperidine rings is 1. The lowest BCUT2D eigenvalue weighted by Gasteiger charge is -2.41. The molecule has 2 aliphatic heterocycles. The predicted molar refractivity (Wildman–Crippen MR) is 123 cm³/mol. The normalized spacial score (nSPS) is 24.6. The molecular formula is C26H39N3O2. The summed E-state index contributed by atoms with van der Waals surface area (Å²) in [5.74, 6) is 2.18. The van der Waals surface area contributed by atoms with Gasteiger partial charge in [-0.2, -0.15) is 0 Å². The molecule has 3 aliphatic rings. The Bertz CT molecular complexity index is 715. The number of unbranched alkanes of at least 4 members (excludes halogenated alkanes) is 1. The van der Waals surface area contributed by atoms with Gasteiger partial charge in [0.25, 0.3) is 0 Å². The first-order chi connectivity index (χ1) is 15.2. The highest BCUT2D eigenvalue weighted by molar-refractivity contribution is 5.77. The first-order valence-electron chi connectivity index (χ1n) is 12.5. The van der Waals surface area contributed by atoms with E-state index >= 15 is 0 Å². The van der Waals surface area contributed by atoms with Crippen molar-refractivity contribution in [3.05, 3.63) is 35.9 Å². The van der Waals surface area contributed by atoms with Gasteiger partial charge in [0.05, 0.1) is 0 Å². The fourth-order valence-corrected chi connectivity index (χ4v) is 5.69. The molecule has 1 aliphatic carbocycles. The first-order valence-corrected chi connectivity index (χ1v) is 12.5. The summed E-state index contributed by atoms with van der Waals surface area (Å²) in [6, 6.07) is 10.5. The van der Waals surface area contributed by atoms with Gasteiger partial charge in [0.2, 0.25) is 11.8 Å². The number of carbonyl (C=O) groups is 2. The van der Waals surface area contributed by atoms with Crippen molar-refractivity contribution < 1.29 is 9.59 Å². The van der Waals surface area contributed by atoms with Crippen LogP contribution < -0.4 is 0 Å². The van der Waals surface area contributed by atoms with Crippen molar-refractivity contribution >= 4 is 11.8 Å². The Kier molecular flexibility index (Phi) is 8.01. The Morgan fingerprint density at radius 2 is 1.39 bits per heavy atom. The quantitative estimate of drug-likeness (QED) is 0.622. The first kappa shape index (κ1) is 22.3. The van der Waals surface area contributed by atoms with Crippen molar-refractivity contribution in [1.29, 1.82) is 0 Å². The lowest BCUT2D eigenvalue weighted by molar-refractivity contribution is -0.135. The molecule has 3 fully saturated rings. The molecule has 31 heavy (non-hydrogen) atoms. The van der Waals surface area contributed by atoms with Gasteiger partial charge in [-0.05, 0) is 43.1 Å². The number of nitrogens with zero attached hydrogens (tertiary/aromatic N) is 3. The van der Waals surface area contributed by atoms with Gasteiger partial charge in [-0.15, -0.1) is 0 Å². The van der Waals surface area contributed by atoms with Gasteiger partial charge in [0, 0.05) is 58.7 Å².